The molecule has 0 fully saturated rings. The number of nitrogens with two attached hydrogens (primary N) is 2. The second-order valence-electron chi connectivity index (χ2n) is 8.62. The minimum atomic E-state index is -1.15. The number of benzene rings is 3. The van der Waals surface area contributed by atoms with Gasteiger partial charge in [-0.05, 0) is 40.5 Å². The molecule has 10 nitrogen and oxygen atoms in total. The molecule has 0 heterocycles. The molecule has 0 radical (unpaired) electrons. The number of carbonyl (C=O) groups is 3. The fraction of sp³-hybridized carbons (Fsp3) is 0.194. The van der Waals surface area contributed by atoms with Crippen molar-refractivity contribution in [2.24, 2.45) is 11.5 Å². The van der Waals surface area contributed by atoms with E-state index in [4.69, 9.17) is 20.9 Å². The second kappa shape index (κ2) is 19.4. The van der Waals surface area contributed by atoms with Gasteiger partial charge in [-0.15, -0.1) is 24.8 Å². The molecule has 0 unspecified atom stereocenters. The van der Waals surface area contributed by atoms with Crippen LogP contribution in [0.4, 0.5) is 9.59 Å². The van der Waals surface area contributed by atoms with E-state index in [9.17, 15) is 19.5 Å². The van der Waals surface area contributed by atoms with Crippen LogP contribution >= 0.6 is 24.8 Å². The van der Waals surface area contributed by atoms with Crippen LogP contribution in [0, 0.1) is 23.7 Å². The van der Waals surface area contributed by atoms with Crippen molar-refractivity contribution in [2.75, 3.05) is 13.2 Å². The van der Waals surface area contributed by atoms with Gasteiger partial charge in [-0.2, -0.15) is 0 Å². The Morgan fingerprint density at radius 2 is 1.09 bits per heavy atom. The van der Waals surface area contributed by atoms with Crippen molar-refractivity contribution in [1.29, 1.82) is 0 Å². The molecule has 12 heteroatoms. The molecule has 0 aromatic heterocycles. The summed E-state index contributed by atoms with van der Waals surface area (Å²) in [5.74, 6) is 9.76. The number of amides is 2. The zero-order valence-corrected chi connectivity index (χ0v) is 24.7. The van der Waals surface area contributed by atoms with E-state index in [-0.39, 0.29) is 56.7 Å². The molecule has 3 aromatic carbocycles. The number of carboxylic acid groups (broad SMARTS) is 1. The van der Waals surface area contributed by atoms with E-state index < -0.39 is 18.2 Å². The van der Waals surface area contributed by atoms with Crippen LogP contribution in [-0.4, -0.2) is 36.5 Å². The van der Waals surface area contributed by atoms with E-state index in [1.807, 2.05) is 48.5 Å². The summed E-state index contributed by atoms with van der Waals surface area (Å²) < 4.78 is 10.1. The Morgan fingerprint density at radius 3 is 1.49 bits per heavy atom. The smallest absolute Gasteiger partial charge is 0.408 e. The summed E-state index contributed by atoms with van der Waals surface area (Å²) >= 11 is 0. The average Bonchev–Trinajstić information content (AvgIpc) is 2.99. The number of carbonyl (C=O) groups excluding carboxylic acids is 2. The summed E-state index contributed by atoms with van der Waals surface area (Å²) in [5, 5.41) is 14.7. The van der Waals surface area contributed by atoms with Crippen molar-refractivity contribution >= 4 is 43.0 Å². The maximum Gasteiger partial charge on any atom is 0.408 e. The summed E-state index contributed by atoms with van der Waals surface area (Å²) in [6.07, 6.45) is -1.28. The highest BCUT2D eigenvalue weighted by atomic mass is 35.5. The van der Waals surface area contributed by atoms with Gasteiger partial charge in [0.2, 0.25) is 0 Å². The average molecular weight is 628 g/mol. The van der Waals surface area contributed by atoms with Gasteiger partial charge in [0, 0.05) is 37.3 Å². The van der Waals surface area contributed by atoms with Crippen molar-refractivity contribution in [3.8, 4) is 23.7 Å². The lowest BCUT2D eigenvalue weighted by atomic mass is 10.1. The van der Waals surface area contributed by atoms with Crippen LogP contribution in [0.2, 0.25) is 0 Å². The molecule has 0 saturated heterocycles. The Morgan fingerprint density at radius 1 is 0.674 bits per heavy atom. The van der Waals surface area contributed by atoms with Gasteiger partial charge < -0.3 is 36.7 Å². The number of aromatic carboxylic acids is 1. The number of rotatable bonds is 9. The van der Waals surface area contributed by atoms with Gasteiger partial charge in [0.15, 0.2) is 13.2 Å². The number of carboxylic acids is 1. The Hall–Kier alpha value is -4.71. The van der Waals surface area contributed by atoms with Crippen molar-refractivity contribution in [1.82, 2.24) is 10.6 Å². The minimum absolute atomic E-state index is 0. The van der Waals surface area contributed by atoms with Crippen LogP contribution in [0.3, 0.4) is 0 Å². The van der Waals surface area contributed by atoms with E-state index in [1.54, 1.807) is 6.07 Å². The van der Waals surface area contributed by atoms with Crippen LogP contribution in [0.1, 0.15) is 43.7 Å². The number of halogens is 2. The zero-order chi connectivity index (χ0) is 29.5. The summed E-state index contributed by atoms with van der Waals surface area (Å²) in [6, 6.07) is 19.4. The van der Waals surface area contributed by atoms with Gasteiger partial charge in [0.05, 0.1) is 5.56 Å². The number of hydrogen-bond acceptors (Lipinski definition) is 7. The summed E-state index contributed by atoms with van der Waals surface area (Å²) in [5.41, 5.74) is 15.6. The van der Waals surface area contributed by atoms with Crippen LogP contribution in [-0.2, 0) is 35.7 Å². The number of hydrogen-bond donors (Lipinski definition) is 5. The predicted molar refractivity (Wildman–Crippen MR) is 167 cm³/mol. The standard InChI is InChI=1S/C31H30N4O6.2ClH/c32-18-24-5-1-7-26(14-24)20-34-30(38)40-11-3-9-22-13-23(17-28(16-22)29(36)37)10-4-12-41-31(39)35-21-27-8-2-6-25(15-27)19-33;;/h1-2,5-8,13-17H,11-12,18-21,32-33H2,(H,34,38)(H,35,39)(H,36,37);2*1H. The Kier molecular flexibility index (Phi) is 16.4. The Labute approximate surface area is 262 Å². The molecule has 0 aliphatic heterocycles. The third-order valence-electron chi connectivity index (χ3n) is 5.52. The molecule has 226 valence electrons. The van der Waals surface area contributed by atoms with Gasteiger partial charge >= 0.3 is 18.2 Å². The number of nitrogens with one attached hydrogen (secondary N) is 2. The van der Waals surface area contributed by atoms with E-state index in [2.05, 4.69) is 34.3 Å². The Balaban J connectivity index is 0.00000462. The number of ether oxygens (including phenoxy) is 2. The molecule has 0 bridgehead atoms. The summed E-state index contributed by atoms with van der Waals surface area (Å²) in [7, 11) is 0. The highest BCUT2D eigenvalue weighted by molar-refractivity contribution is 5.88. The first-order chi connectivity index (χ1) is 19.9. The molecule has 0 atom stereocenters. The zero-order valence-electron chi connectivity index (χ0n) is 23.1. The highest BCUT2D eigenvalue weighted by Gasteiger charge is 2.06. The molecule has 43 heavy (non-hydrogen) atoms. The fourth-order valence-corrected chi connectivity index (χ4v) is 3.56. The topological polar surface area (TPSA) is 166 Å². The van der Waals surface area contributed by atoms with Crippen LogP contribution in [0.25, 0.3) is 0 Å². The van der Waals surface area contributed by atoms with Crippen LogP contribution in [0.15, 0.2) is 66.7 Å². The largest absolute Gasteiger partial charge is 0.478 e. The quantitative estimate of drug-likeness (QED) is 0.224. The molecule has 0 spiro atoms. The van der Waals surface area contributed by atoms with Gasteiger partial charge in [0.1, 0.15) is 0 Å². The monoisotopic (exact) mass is 626 g/mol. The lowest BCUT2D eigenvalue weighted by molar-refractivity contribution is 0.0696. The lowest BCUT2D eigenvalue weighted by Gasteiger charge is -2.06. The molecular formula is C31H32Cl2N4O6. The molecule has 3 rings (SSSR count). The van der Waals surface area contributed by atoms with Crippen molar-refractivity contribution < 1.29 is 29.0 Å². The molecule has 0 aliphatic carbocycles. The molecule has 0 saturated carbocycles. The van der Waals surface area contributed by atoms with Gasteiger partial charge in [-0.3, -0.25) is 0 Å². The predicted octanol–water partition coefficient (Wildman–Crippen LogP) is 3.70. The fourth-order valence-electron chi connectivity index (χ4n) is 3.56. The van der Waals surface area contributed by atoms with Gasteiger partial charge in [-0.25, -0.2) is 14.4 Å². The van der Waals surface area contributed by atoms with E-state index in [1.165, 1.54) is 12.1 Å². The first-order valence-corrected chi connectivity index (χ1v) is 12.6. The summed E-state index contributed by atoms with van der Waals surface area (Å²) in [4.78, 5) is 35.4. The Bertz CT molecular complexity index is 1420. The van der Waals surface area contributed by atoms with Crippen molar-refractivity contribution in [2.45, 2.75) is 26.2 Å². The first kappa shape index (κ1) is 36.3. The normalized spacial score (nSPS) is 9.35. The maximum atomic E-state index is 11.9. The molecule has 2 amide bonds. The van der Waals surface area contributed by atoms with Crippen molar-refractivity contribution in [3.63, 3.8) is 0 Å². The van der Waals surface area contributed by atoms with Crippen molar-refractivity contribution in [3.05, 3.63) is 106 Å². The highest BCUT2D eigenvalue weighted by Crippen LogP contribution is 2.10. The lowest BCUT2D eigenvalue weighted by Crippen LogP contribution is -2.24. The van der Waals surface area contributed by atoms with E-state index in [0.717, 1.165) is 22.3 Å². The van der Waals surface area contributed by atoms with E-state index >= 15 is 0 Å². The number of alkyl carbamates (subject to hydrolysis) is 2. The molecule has 0 aliphatic rings. The summed E-state index contributed by atoms with van der Waals surface area (Å²) in [6.45, 7) is 0.953. The van der Waals surface area contributed by atoms with Gasteiger partial charge in [-0.1, -0.05) is 72.2 Å². The SMILES string of the molecule is Cl.Cl.NCc1cccc(CNC(=O)OCC#Cc2cc(C#CCOC(=O)NCc3cccc(CN)c3)cc(C(=O)O)c2)c1. The van der Waals surface area contributed by atoms with Gasteiger partial charge in [0.25, 0.3) is 0 Å². The third-order valence-corrected chi connectivity index (χ3v) is 5.52. The molecule has 3 aromatic rings. The third kappa shape index (κ3) is 13.2. The first-order valence-electron chi connectivity index (χ1n) is 12.6. The molecule has 7 N–H and O–H groups in total. The van der Waals surface area contributed by atoms with E-state index in [0.29, 0.717) is 24.2 Å². The second-order valence-corrected chi connectivity index (χ2v) is 8.62. The van der Waals surface area contributed by atoms with Crippen LogP contribution < -0.4 is 22.1 Å². The van der Waals surface area contributed by atoms with Crippen LogP contribution in [0.5, 0.6) is 0 Å². The maximum absolute atomic E-state index is 11.9. The molecular weight excluding hydrogens is 595 g/mol. The minimum Gasteiger partial charge on any atom is -0.478 e.